The van der Waals surface area contributed by atoms with Crippen molar-refractivity contribution in [2.75, 3.05) is 32.6 Å². The highest BCUT2D eigenvalue weighted by atomic mass is 16.5. The molecule has 1 N–H and O–H groups in total. The van der Waals surface area contributed by atoms with E-state index in [1.54, 1.807) is 20.4 Å². The van der Waals surface area contributed by atoms with Gasteiger partial charge in [-0.1, -0.05) is 6.07 Å². The average Bonchev–Trinajstić information content (AvgIpc) is 3.01. The molecule has 0 aliphatic carbocycles. The van der Waals surface area contributed by atoms with Crippen molar-refractivity contribution in [3.05, 3.63) is 41.7 Å². The molecule has 0 bridgehead atoms. The Morgan fingerprint density at radius 3 is 2.79 bits per heavy atom. The number of nitrogens with zero attached hydrogens (tertiary/aromatic N) is 3. The van der Waals surface area contributed by atoms with E-state index in [0.29, 0.717) is 12.0 Å². The minimum absolute atomic E-state index is 0.381. The Kier molecular flexibility index (Phi) is 5.15. The van der Waals surface area contributed by atoms with Crippen LogP contribution in [0.1, 0.15) is 17.7 Å². The number of nitrogens with one attached hydrogen (secondary N) is 1. The lowest BCUT2D eigenvalue weighted by Crippen LogP contribution is -2.26. The number of aromatic nitrogens is 2. The molecule has 1 saturated heterocycles. The number of rotatable bonds is 6. The molecule has 0 saturated carbocycles. The van der Waals surface area contributed by atoms with Crippen LogP contribution in [0.2, 0.25) is 0 Å². The van der Waals surface area contributed by atoms with E-state index in [2.05, 4.69) is 26.3 Å². The maximum atomic E-state index is 5.38. The highest BCUT2D eigenvalue weighted by molar-refractivity contribution is 5.42. The van der Waals surface area contributed by atoms with E-state index in [0.717, 1.165) is 43.2 Å². The van der Waals surface area contributed by atoms with Crippen LogP contribution in [0.15, 0.2) is 30.5 Å². The van der Waals surface area contributed by atoms with E-state index in [1.165, 1.54) is 5.56 Å². The van der Waals surface area contributed by atoms with Gasteiger partial charge in [-0.05, 0) is 37.1 Å². The smallest absolute Gasteiger partial charge is 0.223 e. The molecule has 6 nitrogen and oxygen atoms in total. The Morgan fingerprint density at radius 1 is 1.21 bits per heavy atom. The molecule has 0 amide bonds. The Bertz CT molecular complexity index is 692. The largest absolute Gasteiger partial charge is 0.493 e. The third-order valence-corrected chi connectivity index (χ3v) is 4.25. The number of ether oxygens (including phenoxy) is 2. The second-order valence-electron chi connectivity index (χ2n) is 6.08. The van der Waals surface area contributed by atoms with Crippen LogP contribution in [-0.4, -0.2) is 48.2 Å². The SMILES string of the molecule is COc1ccc(CN2CCC(Nc3nccc(C)n3)C2)cc1OC. The molecule has 0 radical (unpaired) electrons. The predicted octanol–water partition coefficient (Wildman–Crippen LogP) is 2.49. The van der Waals surface area contributed by atoms with Crippen molar-refractivity contribution < 1.29 is 9.47 Å². The third kappa shape index (κ3) is 3.94. The first-order valence-electron chi connectivity index (χ1n) is 8.17. The second-order valence-corrected chi connectivity index (χ2v) is 6.08. The zero-order valence-electron chi connectivity index (χ0n) is 14.5. The van der Waals surface area contributed by atoms with Gasteiger partial charge in [0.05, 0.1) is 14.2 Å². The summed E-state index contributed by atoms with van der Waals surface area (Å²) in [5.74, 6) is 2.25. The Hall–Kier alpha value is -2.34. The van der Waals surface area contributed by atoms with E-state index in [-0.39, 0.29) is 0 Å². The van der Waals surface area contributed by atoms with Crippen LogP contribution in [0, 0.1) is 6.92 Å². The molecule has 2 heterocycles. The molecule has 1 aliphatic heterocycles. The number of hydrogen-bond donors (Lipinski definition) is 1. The van der Waals surface area contributed by atoms with E-state index >= 15 is 0 Å². The Balaban J connectivity index is 1.58. The highest BCUT2D eigenvalue weighted by Gasteiger charge is 2.23. The molecule has 1 aliphatic rings. The first kappa shape index (κ1) is 16.5. The summed E-state index contributed by atoms with van der Waals surface area (Å²) in [6, 6.07) is 8.38. The lowest BCUT2D eigenvalue weighted by atomic mass is 10.2. The quantitative estimate of drug-likeness (QED) is 0.879. The average molecular weight is 328 g/mol. The fraction of sp³-hybridized carbons (Fsp3) is 0.444. The summed E-state index contributed by atoms with van der Waals surface area (Å²) >= 11 is 0. The second kappa shape index (κ2) is 7.49. The van der Waals surface area contributed by atoms with Gasteiger partial charge in [-0.15, -0.1) is 0 Å². The summed E-state index contributed by atoms with van der Waals surface area (Å²) in [7, 11) is 3.32. The maximum Gasteiger partial charge on any atom is 0.223 e. The minimum atomic E-state index is 0.381. The van der Waals surface area contributed by atoms with E-state index < -0.39 is 0 Å². The Morgan fingerprint density at radius 2 is 2.04 bits per heavy atom. The zero-order chi connectivity index (χ0) is 16.9. The van der Waals surface area contributed by atoms with E-state index in [4.69, 9.17) is 9.47 Å². The number of benzene rings is 1. The first-order valence-corrected chi connectivity index (χ1v) is 8.17. The van der Waals surface area contributed by atoms with Gasteiger partial charge in [0.2, 0.25) is 5.95 Å². The minimum Gasteiger partial charge on any atom is -0.493 e. The van der Waals surface area contributed by atoms with Crippen LogP contribution in [0.25, 0.3) is 0 Å². The van der Waals surface area contributed by atoms with Gasteiger partial charge >= 0.3 is 0 Å². The van der Waals surface area contributed by atoms with Crippen LogP contribution >= 0.6 is 0 Å². The van der Waals surface area contributed by atoms with Crippen molar-refractivity contribution >= 4 is 5.95 Å². The van der Waals surface area contributed by atoms with Crippen molar-refractivity contribution in [3.8, 4) is 11.5 Å². The standard InChI is InChI=1S/C18H24N4O2/c1-13-6-8-19-18(20-13)21-15-7-9-22(12-15)11-14-4-5-16(23-2)17(10-14)24-3/h4-6,8,10,15H,7,9,11-12H2,1-3H3,(H,19,20,21). The molecule has 0 spiro atoms. The number of methoxy groups -OCH3 is 2. The molecule has 1 unspecified atom stereocenters. The molecule has 24 heavy (non-hydrogen) atoms. The van der Waals surface area contributed by atoms with Gasteiger partial charge in [0.25, 0.3) is 0 Å². The Labute approximate surface area is 142 Å². The van der Waals surface area contributed by atoms with Crippen LogP contribution in [0.4, 0.5) is 5.95 Å². The summed E-state index contributed by atoms with van der Waals surface area (Å²) < 4.78 is 10.7. The van der Waals surface area contributed by atoms with Gasteiger partial charge in [0, 0.05) is 37.6 Å². The number of aryl methyl sites for hydroxylation is 1. The van der Waals surface area contributed by atoms with Gasteiger partial charge in [-0.25, -0.2) is 9.97 Å². The monoisotopic (exact) mass is 328 g/mol. The molecule has 1 aromatic heterocycles. The lowest BCUT2D eigenvalue weighted by molar-refractivity contribution is 0.325. The molecule has 3 rings (SSSR count). The molecule has 1 atom stereocenters. The summed E-state index contributed by atoms with van der Waals surface area (Å²) in [5.41, 5.74) is 2.20. The van der Waals surface area contributed by atoms with Gasteiger partial charge < -0.3 is 14.8 Å². The molecular formula is C18H24N4O2. The van der Waals surface area contributed by atoms with Crippen molar-refractivity contribution in [2.45, 2.75) is 25.9 Å². The van der Waals surface area contributed by atoms with E-state index in [1.807, 2.05) is 25.1 Å². The zero-order valence-corrected chi connectivity index (χ0v) is 14.5. The first-order chi connectivity index (χ1) is 11.7. The lowest BCUT2D eigenvalue weighted by Gasteiger charge is -2.18. The number of hydrogen-bond acceptors (Lipinski definition) is 6. The molecule has 2 aromatic rings. The van der Waals surface area contributed by atoms with Gasteiger partial charge in [-0.2, -0.15) is 0 Å². The number of anilines is 1. The number of likely N-dealkylation sites (tertiary alicyclic amines) is 1. The van der Waals surface area contributed by atoms with Crippen LogP contribution < -0.4 is 14.8 Å². The molecule has 1 fully saturated rings. The van der Waals surface area contributed by atoms with Crippen LogP contribution in [-0.2, 0) is 6.54 Å². The van der Waals surface area contributed by atoms with Gasteiger partial charge in [-0.3, -0.25) is 4.90 Å². The summed E-state index contributed by atoms with van der Waals surface area (Å²) in [4.78, 5) is 11.1. The fourth-order valence-corrected chi connectivity index (χ4v) is 3.03. The van der Waals surface area contributed by atoms with E-state index in [9.17, 15) is 0 Å². The summed E-state index contributed by atoms with van der Waals surface area (Å²) in [6.45, 7) is 4.90. The molecule has 1 aromatic carbocycles. The normalized spacial score (nSPS) is 17.7. The maximum absolute atomic E-state index is 5.38. The summed E-state index contributed by atoms with van der Waals surface area (Å²) in [6.07, 6.45) is 2.88. The van der Waals surface area contributed by atoms with Gasteiger partial charge in [0.1, 0.15) is 0 Å². The molecule has 128 valence electrons. The molecular weight excluding hydrogens is 304 g/mol. The third-order valence-electron chi connectivity index (χ3n) is 4.25. The van der Waals surface area contributed by atoms with Crippen LogP contribution in [0.3, 0.4) is 0 Å². The van der Waals surface area contributed by atoms with Gasteiger partial charge in [0.15, 0.2) is 11.5 Å². The van der Waals surface area contributed by atoms with Crippen molar-refractivity contribution in [1.29, 1.82) is 0 Å². The van der Waals surface area contributed by atoms with Crippen LogP contribution in [0.5, 0.6) is 11.5 Å². The topological polar surface area (TPSA) is 59.5 Å². The van der Waals surface area contributed by atoms with Crippen molar-refractivity contribution in [3.63, 3.8) is 0 Å². The van der Waals surface area contributed by atoms with Crippen molar-refractivity contribution in [1.82, 2.24) is 14.9 Å². The van der Waals surface area contributed by atoms with Crippen molar-refractivity contribution in [2.24, 2.45) is 0 Å². The fourth-order valence-electron chi connectivity index (χ4n) is 3.03. The summed E-state index contributed by atoms with van der Waals surface area (Å²) in [5, 5.41) is 3.43. The molecule has 6 heteroatoms. The predicted molar refractivity (Wildman–Crippen MR) is 93.6 cm³/mol. The highest BCUT2D eigenvalue weighted by Crippen LogP contribution is 2.28.